The van der Waals surface area contributed by atoms with Gasteiger partial charge in [0.2, 0.25) is 0 Å². The van der Waals surface area contributed by atoms with Crippen LogP contribution in [0, 0.1) is 6.92 Å². The number of nitrogens with zero attached hydrogens (tertiary/aromatic N) is 1. The number of hydrogen-bond acceptors (Lipinski definition) is 3. The molecule has 5 nitrogen and oxygen atoms in total. The van der Waals surface area contributed by atoms with Gasteiger partial charge < -0.3 is 19.7 Å². The number of nitrogens with one attached hydrogen (secondary N) is 1. The molecule has 4 rings (SSSR count). The predicted molar refractivity (Wildman–Crippen MR) is 137 cm³/mol. The second-order valence-corrected chi connectivity index (χ2v) is 8.89. The minimum Gasteiger partial charge on any atom is -0.497 e. The van der Waals surface area contributed by atoms with Crippen LogP contribution in [-0.4, -0.2) is 28.8 Å². The fourth-order valence-corrected chi connectivity index (χ4v) is 4.44. The van der Waals surface area contributed by atoms with Gasteiger partial charge in [-0.3, -0.25) is 0 Å². The Kier molecular flexibility index (Phi) is 7.33. The number of fused-ring (bicyclic) bond motifs is 1. The Balaban J connectivity index is 1.61. The molecule has 0 aliphatic carbocycles. The highest BCUT2D eigenvalue weighted by atomic mass is 16.5. The lowest BCUT2D eigenvalue weighted by atomic mass is 10.1. The van der Waals surface area contributed by atoms with Crippen LogP contribution in [0.3, 0.4) is 0 Å². The van der Waals surface area contributed by atoms with E-state index in [4.69, 9.17) is 4.74 Å². The molecule has 34 heavy (non-hydrogen) atoms. The summed E-state index contributed by atoms with van der Waals surface area (Å²) < 4.78 is 7.19. The van der Waals surface area contributed by atoms with Gasteiger partial charge in [-0.1, -0.05) is 54.6 Å². The molecule has 0 unspecified atom stereocenters. The van der Waals surface area contributed by atoms with Crippen molar-refractivity contribution in [3.8, 4) is 5.75 Å². The topological polar surface area (TPSA) is 63.5 Å². The van der Waals surface area contributed by atoms with Gasteiger partial charge in [-0.15, -0.1) is 0 Å². The first kappa shape index (κ1) is 23.6. The van der Waals surface area contributed by atoms with Gasteiger partial charge in [0.15, 0.2) is 0 Å². The summed E-state index contributed by atoms with van der Waals surface area (Å²) in [5, 5.41) is 14.8. The average Bonchev–Trinajstić information content (AvgIpc) is 3.15. The quantitative estimate of drug-likeness (QED) is 0.316. The highest BCUT2D eigenvalue weighted by Crippen LogP contribution is 2.29. The van der Waals surface area contributed by atoms with E-state index in [2.05, 4.69) is 42.6 Å². The molecule has 0 spiro atoms. The molecule has 0 aliphatic heterocycles. The summed E-state index contributed by atoms with van der Waals surface area (Å²) in [7, 11) is 1.64. The van der Waals surface area contributed by atoms with Crippen LogP contribution in [0.4, 0.5) is 0 Å². The number of rotatable bonds is 10. The molecule has 0 saturated carbocycles. The molecular weight excluding hydrogens is 424 g/mol. The number of carbonyl (C=O) groups is 1. The highest BCUT2D eigenvalue weighted by Gasteiger charge is 2.23. The van der Waals surface area contributed by atoms with Crippen molar-refractivity contribution < 1.29 is 14.6 Å². The molecule has 5 heteroatoms. The second kappa shape index (κ2) is 10.6. The molecule has 0 aliphatic rings. The summed E-state index contributed by atoms with van der Waals surface area (Å²) in [6.45, 7) is 5.18. The number of aryl methyl sites for hydroxylation is 2. The Morgan fingerprint density at radius 2 is 1.76 bits per heavy atom. The number of benzene rings is 3. The molecule has 1 atom stereocenters. The second-order valence-electron chi connectivity index (χ2n) is 8.89. The maximum atomic E-state index is 12.5. The standard InChI is InChI=1S/C29H32N2O3/c1-20-9-16-25-26(18-30-21(2)10-11-22-7-5-4-6-8-22)28(29(32)33)31(27(25)17-20)19-23-12-14-24(34-3)15-13-23/h4-9,12-17,21,30H,10-11,18-19H2,1-3H3,(H,32,33)/t21-/m0/s1. The minimum absolute atomic E-state index is 0.257. The third-order valence-electron chi connectivity index (χ3n) is 6.36. The maximum Gasteiger partial charge on any atom is 0.352 e. The van der Waals surface area contributed by atoms with E-state index in [0.29, 0.717) is 18.8 Å². The molecule has 0 fully saturated rings. The number of aromatic carboxylic acids is 1. The molecule has 4 aromatic rings. The van der Waals surface area contributed by atoms with Crippen molar-refractivity contribution in [2.24, 2.45) is 0 Å². The summed E-state index contributed by atoms with van der Waals surface area (Å²) >= 11 is 0. The van der Waals surface area contributed by atoms with Gasteiger partial charge in [-0.25, -0.2) is 4.79 Å². The van der Waals surface area contributed by atoms with Gasteiger partial charge in [0, 0.05) is 35.6 Å². The fourth-order valence-electron chi connectivity index (χ4n) is 4.44. The van der Waals surface area contributed by atoms with E-state index in [9.17, 15) is 9.90 Å². The van der Waals surface area contributed by atoms with E-state index in [-0.39, 0.29) is 6.04 Å². The number of methoxy groups -OCH3 is 1. The van der Waals surface area contributed by atoms with Crippen molar-refractivity contribution in [2.75, 3.05) is 7.11 Å². The zero-order valence-corrected chi connectivity index (χ0v) is 20.0. The third-order valence-corrected chi connectivity index (χ3v) is 6.36. The van der Waals surface area contributed by atoms with Crippen LogP contribution >= 0.6 is 0 Å². The molecule has 0 amide bonds. The van der Waals surface area contributed by atoms with Gasteiger partial charge in [0.25, 0.3) is 0 Å². The number of aromatic nitrogens is 1. The number of ether oxygens (including phenoxy) is 1. The smallest absolute Gasteiger partial charge is 0.352 e. The van der Waals surface area contributed by atoms with E-state index in [1.807, 2.05) is 54.0 Å². The van der Waals surface area contributed by atoms with Crippen LogP contribution in [0.15, 0.2) is 72.8 Å². The van der Waals surface area contributed by atoms with Crippen molar-refractivity contribution in [2.45, 2.75) is 45.8 Å². The molecule has 176 valence electrons. The third kappa shape index (κ3) is 5.32. The van der Waals surface area contributed by atoms with Crippen LogP contribution in [0.1, 0.15) is 46.1 Å². The predicted octanol–water partition coefficient (Wildman–Crippen LogP) is 5.82. The van der Waals surface area contributed by atoms with Gasteiger partial charge in [0.05, 0.1) is 7.11 Å². The lowest BCUT2D eigenvalue weighted by Crippen LogP contribution is -2.27. The number of carboxylic acid groups (broad SMARTS) is 1. The molecule has 3 aromatic carbocycles. The van der Waals surface area contributed by atoms with Gasteiger partial charge in [-0.05, 0) is 61.6 Å². The van der Waals surface area contributed by atoms with Crippen molar-refractivity contribution in [1.82, 2.24) is 9.88 Å². The summed E-state index contributed by atoms with van der Waals surface area (Å²) in [5.41, 5.74) is 5.57. The van der Waals surface area contributed by atoms with Crippen LogP contribution < -0.4 is 10.1 Å². The van der Waals surface area contributed by atoms with Crippen LogP contribution in [0.25, 0.3) is 10.9 Å². The summed E-state index contributed by atoms with van der Waals surface area (Å²) in [6.07, 6.45) is 1.97. The van der Waals surface area contributed by atoms with Crippen molar-refractivity contribution >= 4 is 16.9 Å². The van der Waals surface area contributed by atoms with Crippen molar-refractivity contribution in [3.63, 3.8) is 0 Å². The van der Waals surface area contributed by atoms with Gasteiger partial charge >= 0.3 is 5.97 Å². The Hall–Kier alpha value is -3.57. The van der Waals surface area contributed by atoms with Crippen LogP contribution in [-0.2, 0) is 19.5 Å². The molecule has 1 aromatic heterocycles. The van der Waals surface area contributed by atoms with Crippen molar-refractivity contribution in [1.29, 1.82) is 0 Å². The lowest BCUT2D eigenvalue weighted by molar-refractivity contribution is 0.0684. The number of carboxylic acids is 1. The zero-order chi connectivity index (χ0) is 24.1. The SMILES string of the molecule is COc1ccc(Cn2c(C(=O)O)c(CN[C@@H](C)CCc3ccccc3)c3ccc(C)cc32)cc1. The Morgan fingerprint density at radius 1 is 1.03 bits per heavy atom. The Bertz CT molecular complexity index is 1260. The van der Waals surface area contributed by atoms with Crippen molar-refractivity contribution in [3.05, 3.63) is 101 Å². The normalized spacial score (nSPS) is 12.1. The molecular formula is C29H32N2O3. The molecule has 0 radical (unpaired) electrons. The fraction of sp³-hybridized carbons (Fsp3) is 0.276. The molecule has 0 saturated heterocycles. The molecule has 1 heterocycles. The highest BCUT2D eigenvalue weighted by molar-refractivity contribution is 5.98. The Morgan fingerprint density at radius 3 is 2.44 bits per heavy atom. The summed E-state index contributed by atoms with van der Waals surface area (Å²) in [4.78, 5) is 12.5. The van der Waals surface area contributed by atoms with E-state index in [0.717, 1.165) is 46.2 Å². The summed E-state index contributed by atoms with van der Waals surface area (Å²) in [6, 6.07) is 24.6. The van der Waals surface area contributed by atoms with E-state index >= 15 is 0 Å². The van der Waals surface area contributed by atoms with E-state index in [1.165, 1.54) is 5.56 Å². The summed E-state index contributed by atoms with van der Waals surface area (Å²) in [5.74, 6) is -0.124. The van der Waals surface area contributed by atoms with Gasteiger partial charge in [0.1, 0.15) is 11.4 Å². The largest absolute Gasteiger partial charge is 0.497 e. The van der Waals surface area contributed by atoms with Crippen LogP contribution in [0.5, 0.6) is 5.75 Å². The maximum absolute atomic E-state index is 12.5. The number of hydrogen-bond donors (Lipinski definition) is 2. The first-order chi connectivity index (χ1) is 16.5. The zero-order valence-electron chi connectivity index (χ0n) is 20.0. The first-order valence-electron chi connectivity index (χ1n) is 11.7. The average molecular weight is 457 g/mol. The minimum atomic E-state index is -0.906. The molecule has 2 N–H and O–H groups in total. The van der Waals surface area contributed by atoms with Crippen LogP contribution in [0.2, 0.25) is 0 Å². The first-order valence-corrected chi connectivity index (χ1v) is 11.7. The molecule has 0 bridgehead atoms. The monoisotopic (exact) mass is 456 g/mol. The van der Waals surface area contributed by atoms with E-state index < -0.39 is 5.97 Å². The lowest BCUT2D eigenvalue weighted by Gasteiger charge is -2.15. The Labute approximate surface area is 201 Å². The van der Waals surface area contributed by atoms with E-state index in [1.54, 1.807) is 7.11 Å². The van der Waals surface area contributed by atoms with Gasteiger partial charge in [-0.2, -0.15) is 0 Å².